The van der Waals surface area contributed by atoms with Crippen molar-refractivity contribution in [3.63, 3.8) is 0 Å². The lowest BCUT2D eigenvalue weighted by Crippen LogP contribution is -2.56. The molecular formula is C24H33N3O2. The summed E-state index contributed by atoms with van der Waals surface area (Å²) in [6.07, 6.45) is -0.00848. The molecule has 1 saturated heterocycles. The fourth-order valence-corrected chi connectivity index (χ4v) is 4.17. The van der Waals surface area contributed by atoms with Gasteiger partial charge in [0.25, 0.3) is 0 Å². The minimum atomic E-state index is -0.644. The molecule has 156 valence electrons. The van der Waals surface area contributed by atoms with Crippen LogP contribution in [0, 0.1) is 0 Å². The van der Waals surface area contributed by atoms with Gasteiger partial charge in [0.1, 0.15) is 0 Å². The van der Waals surface area contributed by atoms with E-state index in [9.17, 15) is 9.90 Å². The predicted molar refractivity (Wildman–Crippen MR) is 116 cm³/mol. The Bertz CT molecular complexity index is 779. The van der Waals surface area contributed by atoms with Gasteiger partial charge >= 0.3 is 6.03 Å². The van der Waals surface area contributed by atoms with Gasteiger partial charge in [-0.25, -0.2) is 9.80 Å². The number of carbonyl (C=O) groups excluding carboxylic acids is 1. The summed E-state index contributed by atoms with van der Waals surface area (Å²) in [6.45, 7) is 9.10. The molecule has 0 saturated carbocycles. The van der Waals surface area contributed by atoms with Crippen LogP contribution in [-0.2, 0) is 13.0 Å². The van der Waals surface area contributed by atoms with Gasteiger partial charge in [-0.15, -0.1) is 0 Å². The van der Waals surface area contributed by atoms with E-state index in [0.29, 0.717) is 19.5 Å². The van der Waals surface area contributed by atoms with Crippen molar-refractivity contribution in [2.45, 2.75) is 64.9 Å². The Morgan fingerprint density at radius 2 is 1.45 bits per heavy atom. The fraction of sp³-hybridized carbons (Fsp3) is 0.458. The third-order valence-electron chi connectivity index (χ3n) is 5.46. The van der Waals surface area contributed by atoms with Crippen molar-refractivity contribution in [1.29, 1.82) is 0 Å². The first-order valence-electron chi connectivity index (χ1n) is 10.5. The summed E-state index contributed by atoms with van der Waals surface area (Å²) >= 11 is 0. The third-order valence-corrected chi connectivity index (χ3v) is 5.46. The van der Waals surface area contributed by atoms with Crippen molar-refractivity contribution >= 4 is 6.03 Å². The number of hydrogen-bond acceptors (Lipinski definition) is 3. The highest BCUT2D eigenvalue weighted by atomic mass is 16.3. The second-order valence-corrected chi connectivity index (χ2v) is 8.38. The van der Waals surface area contributed by atoms with E-state index in [1.165, 1.54) is 0 Å². The summed E-state index contributed by atoms with van der Waals surface area (Å²) < 4.78 is 0. The maximum Gasteiger partial charge on any atom is 0.335 e. The van der Waals surface area contributed by atoms with Gasteiger partial charge in [0.05, 0.1) is 12.1 Å². The van der Waals surface area contributed by atoms with Crippen molar-refractivity contribution in [1.82, 2.24) is 14.9 Å². The smallest absolute Gasteiger partial charge is 0.335 e. The standard InChI is InChI=1S/C24H33N3O2/c1-18(2)26-22(15-20-11-7-5-8-12-20)23(28)17-25(27(19(3)4)24(26)29)16-21-13-9-6-10-14-21/h5-14,18-19,22-23,28H,15-17H2,1-4H3/t22-,23-/m0/s1. The average Bonchev–Trinajstić information content (AvgIpc) is 2.77. The van der Waals surface area contributed by atoms with Gasteiger partial charge in [0.15, 0.2) is 0 Å². The molecule has 1 fully saturated rings. The highest BCUT2D eigenvalue weighted by Crippen LogP contribution is 2.26. The molecule has 0 bridgehead atoms. The lowest BCUT2D eigenvalue weighted by atomic mass is 9.98. The Morgan fingerprint density at radius 1 is 0.897 bits per heavy atom. The maximum atomic E-state index is 13.7. The van der Waals surface area contributed by atoms with Crippen molar-refractivity contribution in [3.8, 4) is 0 Å². The Labute approximate surface area is 174 Å². The number of nitrogens with zero attached hydrogens (tertiary/aromatic N) is 3. The molecule has 0 spiro atoms. The van der Waals surface area contributed by atoms with Crippen LogP contribution >= 0.6 is 0 Å². The molecule has 2 aromatic carbocycles. The van der Waals surface area contributed by atoms with Crippen molar-refractivity contribution in [3.05, 3.63) is 71.8 Å². The number of urea groups is 1. The largest absolute Gasteiger partial charge is 0.390 e. The molecule has 0 aromatic heterocycles. The van der Waals surface area contributed by atoms with Crippen molar-refractivity contribution in [2.24, 2.45) is 0 Å². The molecule has 1 N–H and O–H groups in total. The third kappa shape index (κ3) is 4.98. The molecule has 1 aliphatic heterocycles. The topological polar surface area (TPSA) is 47.0 Å². The first kappa shape index (κ1) is 21.3. The predicted octanol–water partition coefficient (Wildman–Crippen LogP) is 3.93. The van der Waals surface area contributed by atoms with Gasteiger partial charge < -0.3 is 10.0 Å². The lowest BCUT2D eigenvalue weighted by molar-refractivity contribution is -0.0346. The summed E-state index contributed by atoms with van der Waals surface area (Å²) in [5.74, 6) is 0. The molecule has 1 aliphatic rings. The van der Waals surface area contributed by atoms with E-state index in [1.807, 2.05) is 79.0 Å². The molecule has 5 heteroatoms. The van der Waals surface area contributed by atoms with E-state index < -0.39 is 6.10 Å². The summed E-state index contributed by atoms with van der Waals surface area (Å²) in [6, 6.07) is 19.9. The first-order chi connectivity index (χ1) is 13.9. The van der Waals surface area contributed by atoms with E-state index in [1.54, 1.807) is 0 Å². The molecule has 3 rings (SSSR count). The van der Waals surface area contributed by atoms with Gasteiger partial charge in [-0.05, 0) is 45.2 Å². The van der Waals surface area contributed by atoms with Crippen LogP contribution in [0.15, 0.2) is 60.7 Å². The zero-order valence-electron chi connectivity index (χ0n) is 17.9. The number of aliphatic hydroxyl groups is 1. The second kappa shape index (κ2) is 9.42. The zero-order valence-corrected chi connectivity index (χ0v) is 17.9. The number of β-amino-alcohol motifs (C(OH)–C–C–N with tert-alkyl or cyclic N) is 1. The van der Waals surface area contributed by atoms with Crippen molar-refractivity contribution in [2.75, 3.05) is 6.54 Å². The summed E-state index contributed by atoms with van der Waals surface area (Å²) in [5, 5.41) is 15.1. The molecule has 2 amide bonds. The first-order valence-corrected chi connectivity index (χ1v) is 10.5. The van der Waals surface area contributed by atoms with Gasteiger partial charge in [0, 0.05) is 25.2 Å². The van der Waals surface area contributed by atoms with E-state index in [-0.39, 0.29) is 24.2 Å². The molecule has 0 radical (unpaired) electrons. The number of carbonyl (C=O) groups is 1. The van der Waals surface area contributed by atoms with E-state index in [4.69, 9.17) is 0 Å². The van der Waals surface area contributed by atoms with Gasteiger partial charge in [0.2, 0.25) is 0 Å². The van der Waals surface area contributed by atoms with Crippen LogP contribution in [0.5, 0.6) is 0 Å². The van der Waals surface area contributed by atoms with Gasteiger partial charge in [-0.3, -0.25) is 5.01 Å². The Kier molecular flexibility index (Phi) is 6.93. The molecular weight excluding hydrogens is 362 g/mol. The minimum Gasteiger partial charge on any atom is -0.390 e. The van der Waals surface area contributed by atoms with Crippen LogP contribution in [0.4, 0.5) is 4.79 Å². The van der Waals surface area contributed by atoms with E-state index in [0.717, 1.165) is 11.1 Å². The molecule has 0 aliphatic carbocycles. The van der Waals surface area contributed by atoms with Crippen LogP contribution < -0.4 is 0 Å². The van der Waals surface area contributed by atoms with Crippen LogP contribution in [0.25, 0.3) is 0 Å². The van der Waals surface area contributed by atoms with Crippen LogP contribution in [0.1, 0.15) is 38.8 Å². The molecule has 2 aromatic rings. The minimum absolute atomic E-state index is 0.00450. The fourth-order valence-electron chi connectivity index (χ4n) is 4.17. The van der Waals surface area contributed by atoms with Crippen molar-refractivity contribution < 1.29 is 9.90 Å². The highest BCUT2D eigenvalue weighted by Gasteiger charge is 2.42. The van der Waals surface area contributed by atoms with E-state index in [2.05, 4.69) is 24.3 Å². The van der Waals surface area contributed by atoms with Crippen LogP contribution in [0.3, 0.4) is 0 Å². The number of benzene rings is 2. The molecule has 29 heavy (non-hydrogen) atoms. The number of hydrazine groups is 1. The molecule has 0 unspecified atom stereocenters. The highest BCUT2D eigenvalue weighted by molar-refractivity contribution is 5.75. The summed E-state index contributed by atoms with van der Waals surface area (Å²) in [4.78, 5) is 15.5. The zero-order chi connectivity index (χ0) is 21.0. The van der Waals surface area contributed by atoms with Crippen LogP contribution in [0.2, 0.25) is 0 Å². The Balaban J connectivity index is 1.95. The normalized spacial score (nSPS) is 21.1. The summed E-state index contributed by atoms with van der Waals surface area (Å²) in [5.41, 5.74) is 2.25. The van der Waals surface area contributed by atoms with Gasteiger partial charge in [-0.2, -0.15) is 0 Å². The lowest BCUT2D eigenvalue weighted by Gasteiger charge is -2.40. The Morgan fingerprint density at radius 3 is 1.97 bits per heavy atom. The summed E-state index contributed by atoms with van der Waals surface area (Å²) in [7, 11) is 0. The van der Waals surface area contributed by atoms with Crippen LogP contribution in [-0.4, -0.2) is 56.8 Å². The van der Waals surface area contributed by atoms with Gasteiger partial charge in [-0.1, -0.05) is 60.7 Å². The molecule has 5 nitrogen and oxygen atoms in total. The van der Waals surface area contributed by atoms with E-state index >= 15 is 0 Å². The second-order valence-electron chi connectivity index (χ2n) is 8.38. The quantitative estimate of drug-likeness (QED) is 0.806. The Hall–Kier alpha value is -2.37. The monoisotopic (exact) mass is 395 g/mol. The number of aliphatic hydroxyl groups excluding tert-OH is 1. The SMILES string of the molecule is CC(C)N1C(=O)N(C(C)C)N(Cc2ccccc2)C[C@H](O)[C@@H]1Cc1ccccc1. The number of amides is 2. The average molecular weight is 396 g/mol. The number of rotatable bonds is 6. The molecule has 2 atom stereocenters. The number of hydrogen-bond donors (Lipinski definition) is 1. The molecule has 1 heterocycles. The maximum absolute atomic E-state index is 13.7.